The first-order valence-electron chi connectivity index (χ1n) is 11.1. The molecule has 3 aromatic rings. The van der Waals surface area contributed by atoms with Crippen molar-refractivity contribution in [1.29, 1.82) is 0 Å². The van der Waals surface area contributed by atoms with Crippen molar-refractivity contribution in [2.75, 3.05) is 25.6 Å². The van der Waals surface area contributed by atoms with Gasteiger partial charge in [0.25, 0.3) is 0 Å². The minimum absolute atomic E-state index is 0.0365. The van der Waals surface area contributed by atoms with Crippen LogP contribution in [-0.2, 0) is 19.9 Å². The molecule has 176 valence electrons. The molecule has 8 heteroatoms. The number of esters is 1. The number of amides is 1. The first-order valence-corrected chi connectivity index (χ1v) is 11.1. The third-order valence-corrected chi connectivity index (χ3v) is 6.08. The smallest absolute Gasteiger partial charge is 0.317 e. The topological polar surface area (TPSA) is 93.6 Å². The maximum absolute atomic E-state index is 13.0. The van der Waals surface area contributed by atoms with Gasteiger partial charge in [-0.1, -0.05) is 48.5 Å². The van der Waals surface area contributed by atoms with Crippen LogP contribution in [0.1, 0.15) is 28.9 Å². The van der Waals surface area contributed by atoms with E-state index in [9.17, 15) is 9.59 Å². The number of anilines is 1. The molecule has 0 saturated heterocycles. The summed E-state index contributed by atoms with van der Waals surface area (Å²) >= 11 is 0. The number of likely N-dealkylation sites (N-methyl/N-ethyl adjacent to an activating group) is 1. The summed E-state index contributed by atoms with van der Waals surface area (Å²) in [6.45, 7) is 3.75. The summed E-state index contributed by atoms with van der Waals surface area (Å²) in [4.78, 5) is 36.1. The molecule has 2 aromatic carbocycles. The van der Waals surface area contributed by atoms with Gasteiger partial charge in [0.1, 0.15) is 11.6 Å². The van der Waals surface area contributed by atoms with E-state index in [2.05, 4.69) is 15.3 Å². The zero-order chi connectivity index (χ0) is 24.3. The third-order valence-electron chi connectivity index (χ3n) is 6.08. The number of nitrogens with zero attached hydrogens (tertiary/aromatic N) is 3. The lowest BCUT2D eigenvalue weighted by atomic mass is 9.76. The Kier molecular flexibility index (Phi) is 6.61. The van der Waals surface area contributed by atoms with Gasteiger partial charge in [-0.2, -0.15) is 0 Å². The molecule has 4 rings (SSSR count). The van der Waals surface area contributed by atoms with Gasteiger partial charge in [-0.25, -0.2) is 9.97 Å². The van der Waals surface area contributed by atoms with E-state index in [1.807, 2.05) is 74.5 Å². The molecule has 34 heavy (non-hydrogen) atoms. The Morgan fingerprint density at radius 3 is 2.41 bits per heavy atom. The van der Waals surface area contributed by atoms with Crippen LogP contribution >= 0.6 is 0 Å². The van der Waals surface area contributed by atoms with Crippen LogP contribution in [0.5, 0.6) is 6.01 Å². The average Bonchev–Trinajstić information content (AvgIpc) is 2.94. The Bertz CT molecular complexity index is 1180. The fourth-order valence-electron chi connectivity index (χ4n) is 4.49. The van der Waals surface area contributed by atoms with E-state index >= 15 is 0 Å². The first-order chi connectivity index (χ1) is 16.3. The molecule has 8 nitrogen and oxygen atoms in total. The van der Waals surface area contributed by atoms with E-state index in [4.69, 9.17) is 9.47 Å². The highest BCUT2D eigenvalue weighted by Gasteiger charge is 2.49. The Balaban J connectivity index is 1.98. The van der Waals surface area contributed by atoms with Crippen LogP contribution in [0.4, 0.5) is 5.69 Å². The molecule has 0 bridgehead atoms. The number of aryl methyl sites for hydroxylation is 2. The van der Waals surface area contributed by atoms with Crippen molar-refractivity contribution < 1.29 is 19.1 Å². The van der Waals surface area contributed by atoms with Gasteiger partial charge in [-0.05, 0) is 31.5 Å². The predicted octanol–water partition coefficient (Wildman–Crippen LogP) is 2.91. The third kappa shape index (κ3) is 4.36. The summed E-state index contributed by atoms with van der Waals surface area (Å²) in [6, 6.07) is 19.3. The molecule has 0 unspecified atom stereocenters. The van der Waals surface area contributed by atoms with E-state index in [0.717, 1.165) is 28.2 Å². The summed E-state index contributed by atoms with van der Waals surface area (Å²) in [7, 11) is 3.08. The predicted molar refractivity (Wildman–Crippen MR) is 128 cm³/mol. The normalized spacial score (nSPS) is 18.6. The van der Waals surface area contributed by atoms with Crippen molar-refractivity contribution in [1.82, 2.24) is 15.3 Å². The first kappa shape index (κ1) is 23.4. The molecule has 1 aliphatic heterocycles. The zero-order valence-corrected chi connectivity index (χ0v) is 19.7. The minimum atomic E-state index is -1.08. The monoisotopic (exact) mass is 460 g/mol. The summed E-state index contributed by atoms with van der Waals surface area (Å²) < 4.78 is 11.4. The second kappa shape index (κ2) is 9.61. The van der Waals surface area contributed by atoms with Crippen LogP contribution < -0.4 is 15.0 Å². The molecule has 1 amide bonds. The molecule has 1 aromatic heterocycles. The molecule has 1 N–H and O–H groups in total. The zero-order valence-electron chi connectivity index (χ0n) is 19.7. The minimum Gasteiger partial charge on any atom is -0.469 e. The van der Waals surface area contributed by atoms with Crippen LogP contribution in [0.3, 0.4) is 0 Å². The summed E-state index contributed by atoms with van der Waals surface area (Å²) in [6.07, 6.45) is -0.926. The van der Waals surface area contributed by atoms with E-state index in [1.54, 1.807) is 11.9 Å². The molecule has 0 aliphatic carbocycles. The second-order valence-electron chi connectivity index (χ2n) is 8.32. The van der Waals surface area contributed by atoms with Gasteiger partial charge in [-0.15, -0.1) is 0 Å². The lowest BCUT2D eigenvalue weighted by molar-refractivity contribution is -0.143. The highest BCUT2D eigenvalue weighted by atomic mass is 16.5. The number of para-hydroxylation sites is 1. The molecule has 2 atom stereocenters. The van der Waals surface area contributed by atoms with E-state index < -0.39 is 17.6 Å². The molecule has 0 spiro atoms. The number of rotatable bonds is 6. The SMILES string of the molecule is COC(=O)C[C@@H](Oc1nc(C)cc(C)n1)[C@@]1(c2ccccc2)NCC(=O)N(C)c2ccccc21. The fraction of sp³-hybridized carbons (Fsp3) is 0.308. The summed E-state index contributed by atoms with van der Waals surface area (Å²) in [5, 5.41) is 3.45. The number of carbonyl (C=O) groups is 2. The Hall–Kier alpha value is -3.78. The molecule has 0 saturated carbocycles. The van der Waals surface area contributed by atoms with Crippen LogP contribution in [0.25, 0.3) is 0 Å². The number of carbonyl (C=O) groups excluding carboxylic acids is 2. The van der Waals surface area contributed by atoms with Gasteiger partial charge >= 0.3 is 12.0 Å². The average molecular weight is 461 g/mol. The van der Waals surface area contributed by atoms with E-state index in [1.165, 1.54) is 7.11 Å². The lowest BCUT2D eigenvalue weighted by Crippen LogP contribution is -2.56. The Morgan fingerprint density at radius 2 is 1.74 bits per heavy atom. The number of benzene rings is 2. The quantitative estimate of drug-likeness (QED) is 0.566. The van der Waals surface area contributed by atoms with E-state index in [-0.39, 0.29) is 24.9 Å². The van der Waals surface area contributed by atoms with Gasteiger partial charge in [-0.3, -0.25) is 14.9 Å². The van der Waals surface area contributed by atoms with Gasteiger partial charge in [0.05, 0.1) is 20.1 Å². The number of hydrogen-bond acceptors (Lipinski definition) is 7. The van der Waals surface area contributed by atoms with Crippen molar-refractivity contribution in [2.45, 2.75) is 31.9 Å². The number of ether oxygens (including phenoxy) is 2. The van der Waals surface area contributed by atoms with Crippen LogP contribution in [0, 0.1) is 13.8 Å². The summed E-state index contributed by atoms with van der Waals surface area (Å²) in [5.41, 5.74) is 2.78. The number of nitrogens with one attached hydrogen (secondary N) is 1. The number of hydrogen-bond donors (Lipinski definition) is 1. The van der Waals surface area contributed by atoms with Crippen molar-refractivity contribution >= 4 is 17.6 Å². The van der Waals surface area contributed by atoms with Gasteiger partial charge < -0.3 is 14.4 Å². The number of aromatic nitrogens is 2. The molecular weight excluding hydrogens is 432 g/mol. The highest BCUT2D eigenvalue weighted by molar-refractivity contribution is 5.96. The van der Waals surface area contributed by atoms with Crippen molar-refractivity contribution in [2.24, 2.45) is 0 Å². The highest BCUT2D eigenvalue weighted by Crippen LogP contribution is 2.42. The van der Waals surface area contributed by atoms with Crippen LogP contribution in [-0.4, -0.2) is 48.7 Å². The maximum Gasteiger partial charge on any atom is 0.317 e. The standard InChI is InChI=1S/C26H28N4O4/c1-17-14-18(2)29-25(28-17)34-22(15-24(32)33-4)26(19-10-6-5-7-11-19)20-12-8-9-13-21(20)30(3)23(31)16-27-26/h5-14,22,27H,15-16H2,1-4H3/t22-,26+/m1/s1. The molecule has 2 heterocycles. The Labute approximate surface area is 198 Å². The maximum atomic E-state index is 13.0. The fourth-order valence-corrected chi connectivity index (χ4v) is 4.49. The Morgan fingerprint density at radius 1 is 1.09 bits per heavy atom. The lowest BCUT2D eigenvalue weighted by Gasteiger charge is -2.41. The number of fused-ring (bicyclic) bond motifs is 1. The van der Waals surface area contributed by atoms with Crippen molar-refractivity contribution in [3.8, 4) is 6.01 Å². The number of methoxy groups -OCH3 is 1. The molecule has 0 fully saturated rings. The van der Waals surface area contributed by atoms with Gasteiger partial charge in [0, 0.05) is 29.7 Å². The van der Waals surface area contributed by atoms with E-state index in [0.29, 0.717) is 0 Å². The van der Waals surface area contributed by atoms with Crippen molar-refractivity contribution in [3.05, 3.63) is 83.2 Å². The van der Waals surface area contributed by atoms with Crippen molar-refractivity contribution in [3.63, 3.8) is 0 Å². The van der Waals surface area contributed by atoms with Gasteiger partial charge in [0.2, 0.25) is 5.91 Å². The molecule has 1 aliphatic rings. The largest absolute Gasteiger partial charge is 0.469 e. The summed E-state index contributed by atoms with van der Waals surface area (Å²) in [5.74, 6) is -0.558. The molecule has 0 radical (unpaired) electrons. The van der Waals surface area contributed by atoms with Crippen LogP contribution in [0.2, 0.25) is 0 Å². The van der Waals surface area contributed by atoms with Crippen LogP contribution in [0.15, 0.2) is 60.7 Å². The van der Waals surface area contributed by atoms with Gasteiger partial charge in [0.15, 0.2) is 0 Å². The molecular formula is C26H28N4O4. The second-order valence-corrected chi connectivity index (χ2v) is 8.32.